The maximum Gasteiger partial charge on any atom is 0.161 e. The van der Waals surface area contributed by atoms with Gasteiger partial charge in [0.1, 0.15) is 4.99 Å². The number of hydrogen-bond acceptors (Lipinski definition) is 2. The average molecular weight is 291 g/mol. The van der Waals surface area contributed by atoms with Gasteiger partial charge in [0.05, 0.1) is 10.2 Å². The van der Waals surface area contributed by atoms with E-state index in [4.69, 9.17) is 18.0 Å². The van der Waals surface area contributed by atoms with Gasteiger partial charge in [-0.1, -0.05) is 12.2 Å². The van der Waals surface area contributed by atoms with Crippen LogP contribution in [0.3, 0.4) is 0 Å². The molecule has 0 heterocycles. The van der Waals surface area contributed by atoms with Gasteiger partial charge in [-0.3, -0.25) is 0 Å². The molecule has 0 amide bonds. The van der Waals surface area contributed by atoms with E-state index in [1.54, 1.807) is 12.1 Å². The molecule has 0 bridgehead atoms. The standard InChI is InChI=1S/C10H12BrFN2S/c1-3-14(2)7-5-4-6(10(13)15)8(11)9(7)12/h4-5H,3H2,1-2H3,(H2,13,15). The highest BCUT2D eigenvalue weighted by molar-refractivity contribution is 9.10. The molecule has 5 heteroatoms. The van der Waals surface area contributed by atoms with Crippen molar-refractivity contribution in [2.45, 2.75) is 6.92 Å². The minimum Gasteiger partial charge on any atom is -0.389 e. The molecule has 1 aromatic rings. The summed E-state index contributed by atoms with van der Waals surface area (Å²) in [6.07, 6.45) is 0. The van der Waals surface area contributed by atoms with Crippen molar-refractivity contribution >= 4 is 38.8 Å². The van der Waals surface area contributed by atoms with Crippen LogP contribution < -0.4 is 10.6 Å². The van der Waals surface area contributed by atoms with Gasteiger partial charge in [0.2, 0.25) is 0 Å². The molecule has 2 N–H and O–H groups in total. The largest absolute Gasteiger partial charge is 0.389 e. The number of hydrogen-bond donors (Lipinski definition) is 1. The lowest BCUT2D eigenvalue weighted by molar-refractivity contribution is 0.617. The van der Waals surface area contributed by atoms with E-state index in [1.807, 2.05) is 18.9 Å². The second kappa shape index (κ2) is 4.90. The van der Waals surface area contributed by atoms with Gasteiger partial charge in [-0.15, -0.1) is 0 Å². The zero-order chi connectivity index (χ0) is 11.6. The van der Waals surface area contributed by atoms with Gasteiger partial charge in [0, 0.05) is 19.2 Å². The number of benzene rings is 1. The van der Waals surface area contributed by atoms with Gasteiger partial charge in [-0.2, -0.15) is 0 Å². The maximum absolute atomic E-state index is 13.9. The Morgan fingerprint density at radius 1 is 1.60 bits per heavy atom. The van der Waals surface area contributed by atoms with Crippen LogP contribution in [0.4, 0.5) is 10.1 Å². The first-order valence-corrected chi connectivity index (χ1v) is 5.68. The van der Waals surface area contributed by atoms with Gasteiger partial charge < -0.3 is 10.6 Å². The molecule has 0 aliphatic heterocycles. The van der Waals surface area contributed by atoms with E-state index < -0.39 is 0 Å². The van der Waals surface area contributed by atoms with Crippen LogP contribution in [0.25, 0.3) is 0 Å². The highest BCUT2D eigenvalue weighted by Crippen LogP contribution is 2.28. The first kappa shape index (κ1) is 12.4. The summed E-state index contributed by atoms with van der Waals surface area (Å²) in [6, 6.07) is 3.40. The Balaban J connectivity index is 3.27. The van der Waals surface area contributed by atoms with E-state index in [9.17, 15) is 4.39 Å². The molecular formula is C10H12BrFN2S. The molecule has 0 aliphatic carbocycles. The average Bonchev–Trinajstić information content (AvgIpc) is 2.20. The number of nitrogens with zero attached hydrogens (tertiary/aromatic N) is 1. The second-order valence-electron chi connectivity index (χ2n) is 3.14. The molecule has 0 saturated carbocycles. The van der Waals surface area contributed by atoms with Gasteiger partial charge in [0.15, 0.2) is 5.82 Å². The lowest BCUT2D eigenvalue weighted by Crippen LogP contribution is -2.19. The minimum atomic E-state index is -0.329. The fourth-order valence-electron chi connectivity index (χ4n) is 1.19. The quantitative estimate of drug-likeness (QED) is 0.868. The Morgan fingerprint density at radius 2 is 2.20 bits per heavy atom. The zero-order valence-electron chi connectivity index (χ0n) is 8.55. The lowest BCUT2D eigenvalue weighted by atomic mass is 10.2. The summed E-state index contributed by atoms with van der Waals surface area (Å²) in [4.78, 5) is 2.00. The summed E-state index contributed by atoms with van der Waals surface area (Å²) in [7, 11) is 1.82. The molecule has 1 rings (SSSR count). The molecule has 0 saturated heterocycles. The Hall–Kier alpha value is -0.680. The highest BCUT2D eigenvalue weighted by atomic mass is 79.9. The molecule has 1 aromatic carbocycles. The van der Waals surface area contributed by atoms with Gasteiger partial charge in [-0.05, 0) is 35.0 Å². The van der Waals surface area contributed by atoms with Crippen molar-refractivity contribution in [1.29, 1.82) is 0 Å². The lowest BCUT2D eigenvalue weighted by Gasteiger charge is -2.19. The molecule has 0 unspecified atom stereocenters. The van der Waals surface area contributed by atoms with Crippen molar-refractivity contribution in [3.05, 3.63) is 28.0 Å². The monoisotopic (exact) mass is 290 g/mol. The van der Waals surface area contributed by atoms with Crippen LogP contribution >= 0.6 is 28.1 Å². The zero-order valence-corrected chi connectivity index (χ0v) is 11.0. The predicted octanol–water partition coefficient (Wildman–Crippen LogP) is 2.68. The summed E-state index contributed by atoms with van der Waals surface area (Å²) in [5.41, 5.74) is 6.52. The van der Waals surface area contributed by atoms with Crippen molar-refractivity contribution in [3.63, 3.8) is 0 Å². The van der Waals surface area contributed by atoms with Gasteiger partial charge >= 0.3 is 0 Å². The third-order valence-corrected chi connectivity index (χ3v) is 3.21. The molecule has 82 valence electrons. The molecule has 0 fully saturated rings. The van der Waals surface area contributed by atoms with Crippen LogP contribution in [0.1, 0.15) is 12.5 Å². The van der Waals surface area contributed by atoms with Crippen molar-refractivity contribution in [1.82, 2.24) is 0 Å². The molecule has 0 aromatic heterocycles. The summed E-state index contributed by atoms with van der Waals surface area (Å²) in [5.74, 6) is -0.329. The molecule has 2 nitrogen and oxygen atoms in total. The first-order valence-electron chi connectivity index (χ1n) is 4.48. The van der Waals surface area contributed by atoms with E-state index >= 15 is 0 Å². The number of nitrogens with two attached hydrogens (primary N) is 1. The summed E-state index contributed by atoms with van der Waals surface area (Å²) >= 11 is 7.97. The van der Waals surface area contributed by atoms with Crippen molar-refractivity contribution < 1.29 is 4.39 Å². The van der Waals surface area contributed by atoms with Crippen LogP contribution in [-0.4, -0.2) is 18.6 Å². The van der Waals surface area contributed by atoms with Crippen LogP contribution in [0.15, 0.2) is 16.6 Å². The summed E-state index contributed by atoms with van der Waals surface area (Å²) in [6.45, 7) is 2.69. The molecule has 0 atom stereocenters. The SMILES string of the molecule is CCN(C)c1ccc(C(N)=S)c(Br)c1F. The third-order valence-electron chi connectivity index (χ3n) is 2.21. The predicted molar refractivity (Wildman–Crippen MR) is 68.9 cm³/mol. The van der Waals surface area contributed by atoms with E-state index in [0.29, 0.717) is 15.7 Å². The van der Waals surface area contributed by atoms with E-state index in [-0.39, 0.29) is 10.8 Å². The van der Waals surface area contributed by atoms with Gasteiger partial charge in [-0.25, -0.2) is 4.39 Å². The first-order chi connectivity index (χ1) is 6.99. The number of thiocarbonyl (C=S) groups is 1. The van der Waals surface area contributed by atoms with Crippen molar-refractivity contribution in [2.75, 3.05) is 18.5 Å². The van der Waals surface area contributed by atoms with Crippen molar-refractivity contribution in [3.8, 4) is 0 Å². The number of rotatable bonds is 3. The molecule has 0 aliphatic rings. The third kappa shape index (κ3) is 2.46. The Morgan fingerprint density at radius 3 is 2.67 bits per heavy atom. The second-order valence-corrected chi connectivity index (χ2v) is 4.37. The van der Waals surface area contributed by atoms with E-state index in [2.05, 4.69) is 15.9 Å². The molecule has 0 radical (unpaired) electrons. The Kier molecular flexibility index (Phi) is 4.04. The topological polar surface area (TPSA) is 29.3 Å². The summed E-state index contributed by atoms with van der Waals surface area (Å²) in [5, 5.41) is 0. The molecule has 15 heavy (non-hydrogen) atoms. The van der Waals surface area contributed by atoms with Crippen molar-refractivity contribution in [2.24, 2.45) is 5.73 Å². The normalized spacial score (nSPS) is 10.1. The summed E-state index contributed by atoms with van der Waals surface area (Å²) < 4.78 is 14.2. The highest BCUT2D eigenvalue weighted by Gasteiger charge is 2.14. The minimum absolute atomic E-state index is 0.187. The van der Waals surface area contributed by atoms with Crippen LogP contribution in [0, 0.1) is 5.82 Å². The van der Waals surface area contributed by atoms with Crippen LogP contribution in [-0.2, 0) is 0 Å². The fraction of sp³-hybridized carbons (Fsp3) is 0.300. The van der Waals surface area contributed by atoms with Crippen LogP contribution in [0.5, 0.6) is 0 Å². The van der Waals surface area contributed by atoms with Gasteiger partial charge in [0.25, 0.3) is 0 Å². The molecule has 0 spiro atoms. The Bertz CT molecular complexity index is 395. The Labute approximate surface area is 102 Å². The molecular weight excluding hydrogens is 279 g/mol. The van der Waals surface area contributed by atoms with E-state index in [0.717, 1.165) is 6.54 Å². The number of halogens is 2. The maximum atomic E-state index is 13.9. The fourth-order valence-corrected chi connectivity index (χ4v) is 2.04. The van der Waals surface area contributed by atoms with Crippen LogP contribution in [0.2, 0.25) is 0 Å². The van der Waals surface area contributed by atoms with E-state index in [1.165, 1.54) is 0 Å². The smallest absolute Gasteiger partial charge is 0.161 e. The number of anilines is 1.